The normalized spacial score (nSPS) is 27.0. The number of hydrogen-bond donors (Lipinski definition) is 2. The lowest BCUT2D eigenvalue weighted by atomic mass is 9.75. The van der Waals surface area contributed by atoms with Crippen LogP contribution in [0.1, 0.15) is 18.4 Å². The van der Waals surface area contributed by atoms with E-state index < -0.39 is 5.60 Å². The fourth-order valence-corrected chi connectivity index (χ4v) is 4.04. The van der Waals surface area contributed by atoms with Crippen LogP contribution in [0.15, 0.2) is 43.0 Å². The van der Waals surface area contributed by atoms with E-state index in [0.717, 1.165) is 37.6 Å². The van der Waals surface area contributed by atoms with E-state index in [1.54, 1.807) is 4.90 Å². The summed E-state index contributed by atoms with van der Waals surface area (Å²) in [6.45, 7) is 6.66. The monoisotopic (exact) mass is 357 g/mol. The summed E-state index contributed by atoms with van der Waals surface area (Å²) >= 11 is 0. The molecule has 3 saturated heterocycles. The zero-order chi connectivity index (χ0) is 18.6. The van der Waals surface area contributed by atoms with E-state index in [2.05, 4.69) is 16.8 Å². The van der Waals surface area contributed by atoms with Crippen LogP contribution in [0.2, 0.25) is 0 Å². The number of nitrogens with one attached hydrogen (secondary N) is 1. The minimum Gasteiger partial charge on any atom is -0.386 e. The number of aliphatic hydroxyl groups is 1. The molecule has 2 bridgehead atoms. The molecule has 0 aromatic heterocycles. The number of nitrogens with zero attached hydrogens (tertiary/aromatic N) is 2. The van der Waals surface area contributed by atoms with Crippen LogP contribution < -0.4 is 5.32 Å². The van der Waals surface area contributed by atoms with Crippen molar-refractivity contribution >= 4 is 11.8 Å². The topological polar surface area (TPSA) is 72.9 Å². The van der Waals surface area contributed by atoms with E-state index in [4.69, 9.17) is 0 Å². The zero-order valence-electron chi connectivity index (χ0n) is 15.1. The third-order valence-electron chi connectivity index (χ3n) is 5.48. The minimum absolute atomic E-state index is 0.0951. The average molecular weight is 357 g/mol. The lowest BCUT2D eigenvalue weighted by Gasteiger charge is -2.51. The molecule has 0 saturated carbocycles. The number of benzene rings is 1. The Balaban J connectivity index is 1.72. The first-order valence-corrected chi connectivity index (χ1v) is 9.17. The van der Waals surface area contributed by atoms with Crippen LogP contribution >= 0.6 is 0 Å². The molecule has 0 aliphatic carbocycles. The molecule has 1 aromatic rings. The van der Waals surface area contributed by atoms with Gasteiger partial charge in [0.05, 0.1) is 18.7 Å². The van der Waals surface area contributed by atoms with Gasteiger partial charge in [-0.3, -0.25) is 9.59 Å². The number of carbonyl (C=O) groups excluding carboxylic acids is 2. The third-order valence-corrected chi connectivity index (χ3v) is 5.48. The van der Waals surface area contributed by atoms with Gasteiger partial charge in [-0.2, -0.15) is 0 Å². The van der Waals surface area contributed by atoms with Gasteiger partial charge in [0.1, 0.15) is 0 Å². The van der Waals surface area contributed by atoms with Crippen molar-refractivity contribution in [3.05, 3.63) is 48.6 Å². The summed E-state index contributed by atoms with van der Waals surface area (Å²) in [5, 5.41) is 13.8. The van der Waals surface area contributed by atoms with E-state index in [1.165, 1.54) is 0 Å². The van der Waals surface area contributed by atoms with Crippen LogP contribution in [0.4, 0.5) is 0 Å². The maximum atomic E-state index is 12.7. The summed E-state index contributed by atoms with van der Waals surface area (Å²) in [6, 6.07) is 9.72. The summed E-state index contributed by atoms with van der Waals surface area (Å²) in [6.07, 6.45) is 3.09. The highest BCUT2D eigenvalue weighted by atomic mass is 16.3. The summed E-state index contributed by atoms with van der Waals surface area (Å²) in [7, 11) is 0. The van der Waals surface area contributed by atoms with Gasteiger partial charge in [-0.1, -0.05) is 36.9 Å². The summed E-state index contributed by atoms with van der Waals surface area (Å²) < 4.78 is 0. The predicted octanol–water partition coefficient (Wildman–Crippen LogP) is 0.774. The highest BCUT2D eigenvalue weighted by Crippen LogP contribution is 2.36. The van der Waals surface area contributed by atoms with E-state index in [0.29, 0.717) is 13.1 Å². The summed E-state index contributed by atoms with van der Waals surface area (Å²) in [5.74, 6) is -0.352. The molecule has 26 heavy (non-hydrogen) atoms. The van der Waals surface area contributed by atoms with Crippen molar-refractivity contribution in [3.8, 4) is 0 Å². The Bertz CT molecular complexity index is 656. The highest BCUT2D eigenvalue weighted by Gasteiger charge is 2.46. The maximum Gasteiger partial charge on any atom is 0.243 e. The number of piperidine rings is 3. The lowest BCUT2D eigenvalue weighted by molar-refractivity contribution is -0.149. The second kappa shape index (κ2) is 8.01. The van der Waals surface area contributed by atoms with Crippen LogP contribution in [-0.4, -0.2) is 65.0 Å². The molecule has 4 rings (SSSR count). The fraction of sp³-hybridized carbons (Fsp3) is 0.500. The average Bonchev–Trinajstić information content (AvgIpc) is 2.66. The van der Waals surface area contributed by atoms with E-state index in [9.17, 15) is 14.7 Å². The van der Waals surface area contributed by atoms with E-state index >= 15 is 0 Å². The Morgan fingerprint density at radius 2 is 2.00 bits per heavy atom. The Labute approximate surface area is 154 Å². The molecule has 1 aromatic carbocycles. The molecule has 6 nitrogen and oxygen atoms in total. The molecular weight excluding hydrogens is 330 g/mol. The van der Waals surface area contributed by atoms with E-state index in [-0.39, 0.29) is 30.8 Å². The van der Waals surface area contributed by atoms with Crippen molar-refractivity contribution in [2.24, 2.45) is 5.92 Å². The van der Waals surface area contributed by atoms with Gasteiger partial charge in [0.2, 0.25) is 11.8 Å². The molecule has 2 amide bonds. The molecule has 0 unspecified atom stereocenters. The van der Waals surface area contributed by atoms with Crippen molar-refractivity contribution < 1.29 is 14.7 Å². The number of hydrogen-bond acceptors (Lipinski definition) is 4. The molecule has 3 aliphatic rings. The smallest absolute Gasteiger partial charge is 0.243 e. The number of carbonyl (C=O) groups is 2. The molecular formula is C20H27N3O3. The van der Waals surface area contributed by atoms with Gasteiger partial charge in [-0.15, -0.1) is 0 Å². The second-order valence-corrected chi connectivity index (χ2v) is 7.31. The number of amides is 2. The van der Waals surface area contributed by atoms with Crippen LogP contribution in [-0.2, 0) is 16.1 Å². The Kier molecular flexibility index (Phi) is 5.74. The Morgan fingerprint density at radius 3 is 2.58 bits per heavy atom. The maximum absolute atomic E-state index is 12.7. The standard InChI is InChI=1S/C20H27N3O3/c1-2-18(24)21-12-19(25)23(13-16-6-4-3-5-7-16)15-20(26)14-22-10-8-17(20)9-11-22/h2-7,17,26H,1,8-15H2,(H,21,24)/t20-/m0/s1. The van der Waals surface area contributed by atoms with Crippen molar-refractivity contribution in [2.75, 3.05) is 32.7 Å². The minimum atomic E-state index is -0.886. The number of fused-ring (bicyclic) bond motifs is 3. The van der Waals surface area contributed by atoms with Gasteiger partial charge < -0.3 is 20.2 Å². The van der Waals surface area contributed by atoms with Crippen molar-refractivity contribution in [2.45, 2.75) is 25.0 Å². The van der Waals surface area contributed by atoms with Crippen molar-refractivity contribution in [1.82, 2.24) is 15.1 Å². The number of rotatable bonds is 7. The zero-order valence-corrected chi connectivity index (χ0v) is 15.1. The van der Waals surface area contributed by atoms with E-state index in [1.807, 2.05) is 30.3 Å². The summed E-state index contributed by atoms with van der Waals surface area (Å²) in [4.78, 5) is 28.1. The SMILES string of the molecule is C=CC(=O)NCC(=O)N(Cc1ccccc1)C[C@@]1(O)CN2CCC1CC2. The molecule has 1 atom stereocenters. The van der Waals surface area contributed by atoms with Crippen LogP contribution in [0.25, 0.3) is 0 Å². The van der Waals surface area contributed by atoms with Gasteiger partial charge >= 0.3 is 0 Å². The Hall–Kier alpha value is -2.18. The summed E-state index contributed by atoms with van der Waals surface area (Å²) in [5.41, 5.74) is 0.115. The molecule has 6 heteroatoms. The molecule has 3 fully saturated rings. The fourth-order valence-electron chi connectivity index (χ4n) is 4.04. The second-order valence-electron chi connectivity index (χ2n) is 7.31. The first kappa shape index (κ1) is 18.6. The first-order chi connectivity index (χ1) is 12.5. The van der Waals surface area contributed by atoms with Gasteiger partial charge in [-0.05, 0) is 43.5 Å². The predicted molar refractivity (Wildman–Crippen MR) is 99.2 cm³/mol. The largest absolute Gasteiger partial charge is 0.386 e. The van der Waals surface area contributed by atoms with Crippen LogP contribution in [0.5, 0.6) is 0 Å². The first-order valence-electron chi connectivity index (χ1n) is 9.17. The molecule has 3 heterocycles. The van der Waals surface area contributed by atoms with Gasteiger partial charge in [-0.25, -0.2) is 0 Å². The highest BCUT2D eigenvalue weighted by molar-refractivity contribution is 5.90. The van der Waals surface area contributed by atoms with Crippen LogP contribution in [0.3, 0.4) is 0 Å². The lowest BCUT2D eigenvalue weighted by Crippen LogP contribution is -2.64. The van der Waals surface area contributed by atoms with Crippen molar-refractivity contribution in [3.63, 3.8) is 0 Å². The van der Waals surface area contributed by atoms with Gasteiger partial charge in [0, 0.05) is 13.1 Å². The quantitative estimate of drug-likeness (QED) is 0.707. The molecule has 0 radical (unpaired) electrons. The molecule has 140 valence electrons. The molecule has 2 N–H and O–H groups in total. The molecule has 3 aliphatic heterocycles. The third kappa shape index (κ3) is 4.31. The Morgan fingerprint density at radius 1 is 1.31 bits per heavy atom. The van der Waals surface area contributed by atoms with Crippen molar-refractivity contribution in [1.29, 1.82) is 0 Å². The molecule has 0 spiro atoms. The van der Waals surface area contributed by atoms with Gasteiger partial charge in [0.25, 0.3) is 0 Å². The van der Waals surface area contributed by atoms with Crippen LogP contribution in [0, 0.1) is 5.92 Å². The van der Waals surface area contributed by atoms with Gasteiger partial charge in [0.15, 0.2) is 0 Å².